The van der Waals surface area contributed by atoms with E-state index in [1.165, 1.54) is 0 Å². The predicted octanol–water partition coefficient (Wildman–Crippen LogP) is 4.32. The fraction of sp³-hybridized carbons (Fsp3) is 0.407. The van der Waals surface area contributed by atoms with Crippen molar-refractivity contribution in [2.75, 3.05) is 40.4 Å². The fourth-order valence-corrected chi connectivity index (χ4v) is 4.39. The van der Waals surface area contributed by atoms with Crippen molar-refractivity contribution in [3.8, 4) is 11.5 Å². The topological polar surface area (TPSA) is 69.8 Å². The summed E-state index contributed by atoms with van der Waals surface area (Å²) in [7, 11) is 3.18. The number of thiocarbonyl (C=S) groups is 1. The molecule has 3 aromatic rings. The number of benzene rings is 2. The summed E-state index contributed by atoms with van der Waals surface area (Å²) < 4.78 is 10.8. The highest BCUT2D eigenvalue weighted by atomic mass is 32.1. The van der Waals surface area contributed by atoms with Crippen LogP contribution >= 0.6 is 12.2 Å². The molecule has 0 fully saturated rings. The molecule has 3 rings (SSSR count). The van der Waals surface area contributed by atoms with E-state index in [-0.39, 0.29) is 11.6 Å². The number of aromatic nitrogens is 1. The summed E-state index contributed by atoms with van der Waals surface area (Å²) >= 11 is 5.83. The van der Waals surface area contributed by atoms with Crippen molar-refractivity contribution in [2.45, 2.75) is 33.4 Å². The second-order valence-corrected chi connectivity index (χ2v) is 8.84. The quantitative estimate of drug-likeness (QED) is 0.383. The molecule has 1 heterocycles. The number of likely N-dealkylation sites (N-methyl/N-ethyl adjacent to an activating group) is 1. The zero-order valence-corrected chi connectivity index (χ0v) is 22.1. The highest BCUT2D eigenvalue weighted by Crippen LogP contribution is 2.31. The highest BCUT2D eigenvalue weighted by molar-refractivity contribution is 7.80. The van der Waals surface area contributed by atoms with Crippen molar-refractivity contribution in [2.24, 2.45) is 0 Å². The number of hydrogen-bond donors (Lipinski definition) is 2. The maximum Gasteiger partial charge on any atom is 0.253 e. The normalized spacial score (nSPS) is 11.9. The van der Waals surface area contributed by atoms with Crippen LogP contribution in [0.15, 0.2) is 53.3 Å². The SMILES string of the molecule is CCN(CC)CCN(Cc1cc2cc(OC)c(OC)cc2[nH]c1=O)C(=S)N[C@@H](C)c1ccccc1. The third kappa shape index (κ3) is 6.74. The summed E-state index contributed by atoms with van der Waals surface area (Å²) in [5, 5.41) is 4.95. The molecule has 2 N–H and O–H groups in total. The average molecular weight is 497 g/mol. The van der Waals surface area contributed by atoms with Gasteiger partial charge in [-0.1, -0.05) is 44.2 Å². The number of hydrogen-bond acceptors (Lipinski definition) is 5. The minimum atomic E-state index is -0.142. The number of H-pyrrole nitrogens is 1. The van der Waals surface area contributed by atoms with E-state index in [4.69, 9.17) is 21.7 Å². The Labute approximate surface area is 213 Å². The van der Waals surface area contributed by atoms with E-state index < -0.39 is 0 Å². The molecule has 2 aromatic carbocycles. The Balaban J connectivity index is 1.88. The van der Waals surface area contributed by atoms with Crippen molar-refractivity contribution >= 4 is 28.2 Å². The number of fused-ring (bicyclic) bond motifs is 1. The summed E-state index contributed by atoms with van der Waals surface area (Å²) in [6, 6.07) is 15.8. The van der Waals surface area contributed by atoms with Crippen LogP contribution in [0.4, 0.5) is 0 Å². The van der Waals surface area contributed by atoms with Crippen LogP contribution in [0.5, 0.6) is 11.5 Å². The van der Waals surface area contributed by atoms with Gasteiger partial charge in [0.2, 0.25) is 0 Å². The van der Waals surface area contributed by atoms with Crippen LogP contribution in [0.25, 0.3) is 10.9 Å². The van der Waals surface area contributed by atoms with Crippen molar-refractivity contribution in [1.29, 1.82) is 0 Å². The third-order valence-corrected chi connectivity index (χ3v) is 6.67. The summed E-state index contributed by atoms with van der Waals surface area (Å²) in [5.41, 5.74) is 2.35. The van der Waals surface area contributed by atoms with E-state index in [1.807, 2.05) is 30.3 Å². The van der Waals surface area contributed by atoms with Gasteiger partial charge in [-0.2, -0.15) is 0 Å². The number of pyridine rings is 1. The molecule has 1 atom stereocenters. The first kappa shape index (κ1) is 26.5. The van der Waals surface area contributed by atoms with Gasteiger partial charge in [-0.05, 0) is 49.9 Å². The lowest BCUT2D eigenvalue weighted by molar-refractivity contribution is 0.262. The van der Waals surface area contributed by atoms with Gasteiger partial charge in [0, 0.05) is 30.1 Å². The molecule has 0 aliphatic carbocycles. The summed E-state index contributed by atoms with van der Waals surface area (Å²) in [4.78, 5) is 20.4. The number of rotatable bonds is 11. The Morgan fingerprint density at radius 3 is 2.31 bits per heavy atom. The Kier molecular flexibility index (Phi) is 9.51. The van der Waals surface area contributed by atoms with Crippen LogP contribution < -0.4 is 20.3 Å². The van der Waals surface area contributed by atoms with Crippen molar-refractivity contribution < 1.29 is 9.47 Å². The molecular formula is C27H36N4O3S. The molecule has 0 spiro atoms. The Hall–Kier alpha value is -3.10. The summed E-state index contributed by atoms with van der Waals surface area (Å²) in [5.74, 6) is 1.19. The zero-order chi connectivity index (χ0) is 25.4. The van der Waals surface area contributed by atoms with Gasteiger partial charge in [0.1, 0.15) is 0 Å². The Bertz CT molecular complexity index is 1180. The molecular weight excluding hydrogens is 460 g/mol. The van der Waals surface area contributed by atoms with Crippen LogP contribution in [0.3, 0.4) is 0 Å². The van der Waals surface area contributed by atoms with Crippen molar-refractivity contribution in [3.05, 3.63) is 70.0 Å². The molecule has 0 aliphatic heterocycles. The van der Waals surface area contributed by atoms with Gasteiger partial charge in [-0.25, -0.2) is 0 Å². The van der Waals surface area contributed by atoms with Crippen LogP contribution in [0.1, 0.15) is 37.9 Å². The minimum Gasteiger partial charge on any atom is -0.493 e. The summed E-state index contributed by atoms with van der Waals surface area (Å²) in [6.45, 7) is 10.3. The molecule has 0 aliphatic rings. The molecule has 188 valence electrons. The van der Waals surface area contributed by atoms with Gasteiger partial charge in [0.25, 0.3) is 5.56 Å². The number of methoxy groups -OCH3 is 2. The number of nitrogens with one attached hydrogen (secondary N) is 2. The fourth-order valence-electron chi connectivity index (χ4n) is 4.06. The number of ether oxygens (including phenoxy) is 2. The van der Waals surface area contributed by atoms with Crippen LogP contribution in [0, 0.1) is 0 Å². The molecule has 0 bridgehead atoms. The highest BCUT2D eigenvalue weighted by Gasteiger charge is 2.17. The standard InChI is InChI=1S/C27H36N4O3S/c1-6-30(7-2)13-14-31(27(35)28-19(3)20-11-9-8-10-12-20)18-22-15-21-16-24(33-4)25(34-5)17-23(21)29-26(22)32/h8-12,15-17,19H,6-7,13-14,18H2,1-5H3,(H,28,35)(H,29,32)/t19-/m0/s1. The van der Waals surface area contributed by atoms with Gasteiger partial charge in [-0.3, -0.25) is 4.79 Å². The van der Waals surface area contributed by atoms with Crippen LogP contribution in [-0.4, -0.2) is 60.3 Å². The van der Waals surface area contributed by atoms with Crippen molar-refractivity contribution in [3.63, 3.8) is 0 Å². The molecule has 35 heavy (non-hydrogen) atoms. The van der Waals surface area contributed by atoms with E-state index in [0.29, 0.717) is 40.8 Å². The molecule has 8 heteroatoms. The molecule has 0 radical (unpaired) electrons. The maximum absolute atomic E-state index is 13.0. The largest absolute Gasteiger partial charge is 0.493 e. The molecule has 1 aromatic heterocycles. The van der Waals surface area contributed by atoms with Crippen molar-refractivity contribution in [1.82, 2.24) is 20.1 Å². The van der Waals surface area contributed by atoms with Gasteiger partial charge in [0.05, 0.1) is 32.3 Å². The average Bonchev–Trinajstić information content (AvgIpc) is 2.88. The first-order chi connectivity index (χ1) is 16.9. The van der Waals surface area contributed by atoms with Gasteiger partial charge < -0.3 is 29.6 Å². The smallest absolute Gasteiger partial charge is 0.253 e. The third-order valence-electron chi connectivity index (χ3n) is 6.29. The van der Waals surface area contributed by atoms with Gasteiger partial charge in [-0.15, -0.1) is 0 Å². The monoisotopic (exact) mass is 496 g/mol. The molecule has 0 unspecified atom stereocenters. The molecule has 0 saturated heterocycles. The second kappa shape index (κ2) is 12.6. The minimum absolute atomic E-state index is 0.0475. The lowest BCUT2D eigenvalue weighted by atomic mass is 10.1. The molecule has 0 saturated carbocycles. The van der Waals surface area contributed by atoms with Gasteiger partial charge >= 0.3 is 0 Å². The van der Waals surface area contributed by atoms with Crippen LogP contribution in [0.2, 0.25) is 0 Å². The first-order valence-corrected chi connectivity index (χ1v) is 12.4. The second-order valence-electron chi connectivity index (χ2n) is 8.45. The Morgan fingerprint density at radius 2 is 1.69 bits per heavy atom. The maximum atomic E-state index is 13.0. The first-order valence-electron chi connectivity index (χ1n) is 12.0. The van der Waals surface area contributed by atoms with E-state index in [1.54, 1.807) is 20.3 Å². The van der Waals surface area contributed by atoms with E-state index >= 15 is 0 Å². The molecule has 0 amide bonds. The lowest BCUT2D eigenvalue weighted by Gasteiger charge is -2.30. The number of aromatic amines is 1. The lowest BCUT2D eigenvalue weighted by Crippen LogP contribution is -2.44. The molecule has 7 nitrogen and oxygen atoms in total. The van der Waals surface area contributed by atoms with E-state index in [0.717, 1.165) is 30.6 Å². The van der Waals surface area contributed by atoms with Crippen LogP contribution in [-0.2, 0) is 6.54 Å². The van der Waals surface area contributed by atoms with E-state index in [2.05, 4.69) is 53.0 Å². The number of nitrogens with zero attached hydrogens (tertiary/aromatic N) is 2. The van der Waals surface area contributed by atoms with Gasteiger partial charge in [0.15, 0.2) is 16.6 Å². The van der Waals surface area contributed by atoms with E-state index in [9.17, 15) is 4.79 Å². The summed E-state index contributed by atoms with van der Waals surface area (Å²) in [6.07, 6.45) is 0. The Morgan fingerprint density at radius 1 is 1.03 bits per heavy atom. The predicted molar refractivity (Wildman–Crippen MR) is 146 cm³/mol. The zero-order valence-electron chi connectivity index (χ0n) is 21.3.